The molecule has 0 radical (unpaired) electrons. The second-order valence-electron chi connectivity index (χ2n) is 5.33. The van der Waals surface area contributed by atoms with Crippen LogP contribution in [0.3, 0.4) is 0 Å². The van der Waals surface area contributed by atoms with Crippen molar-refractivity contribution in [3.8, 4) is 0 Å². The smallest absolute Gasteiger partial charge is 0.222 e. The van der Waals surface area contributed by atoms with Crippen molar-refractivity contribution in [2.75, 3.05) is 17.6 Å². The largest absolute Gasteiger partial charge is 0.397 e. The Kier molecular flexibility index (Phi) is 5.32. The van der Waals surface area contributed by atoms with Crippen molar-refractivity contribution < 1.29 is 4.79 Å². The van der Waals surface area contributed by atoms with Gasteiger partial charge in [0.15, 0.2) is 0 Å². The van der Waals surface area contributed by atoms with Gasteiger partial charge in [-0.05, 0) is 32.9 Å². The van der Waals surface area contributed by atoms with E-state index in [9.17, 15) is 4.79 Å². The quantitative estimate of drug-likeness (QED) is 0.748. The molecule has 0 unspecified atom stereocenters. The van der Waals surface area contributed by atoms with Gasteiger partial charge in [-0.1, -0.05) is 23.2 Å². The number of hydrogen-bond acceptors (Lipinski definition) is 3. The maximum atomic E-state index is 11.6. The van der Waals surface area contributed by atoms with Crippen molar-refractivity contribution in [2.24, 2.45) is 0 Å². The summed E-state index contributed by atoms with van der Waals surface area (Å²) >= 11 is 11.7. The Bertz CT molecular complexity index is 470. The van der Waals surface area contributed by atoms with Gasteiger partial charge in [0, 0.05) is 18.5 Å². The van der Waals surface area contributed by atoms with E-state index in [2.05, 4.69) is 10.6 Å². The normalized spacial score (nSPS) is 11.2. The first-order valence-corrected chi connectivity index (χ1v) is 6.74. The van der Waals surface area contributed by atoms with Gasteiger partial charge in [0.25, 0.3) is 0 Å². The van der Waals surface area contributed by atoms with Crippen molar-refractivity contribution in [1.82, 2.24) is 5.32 Å². The summed E-state index contributed by atoms with van der Waals surface area (Å²) in [5.74, 6) is -0.0152. The Labute approximate surface area is 123 Å². The van der Waals surface area contributed by atoms with Gasteiger partial charge in [-0.25, -0.2) is 0 Å². The number of carbonyl (C=O) groups excluding carboxylic acids is 1. The summed E-state index contributed by atoms with van der Waals surface area (Å²) in [7, 11) is 0. The molecule has 1 amide bonds. The van der Waals surface area contributed by atoms with Crippen LogP contribution in [0, 0.1) is 0 Å². The molecular formula is C13H19Cl2N3O. The topological polar surface area (TPSA) is 67.2 Å². The predicted octanol–water partition coefficient (Wildman–Crippen LogP) is 3.29. The van der Waals surface area contributed by atoms with Crippen LogP contribution in [0.25, 0.3) is 0 Å². The van der Waals surface area contributed by atoms with E-state index >= 15 is 0 Å². The zero-order chi connectivity index (χ0) is 14.6. The number of benzene rings is 1. The molecule has 1 aromatic rings. The summed E-state index contributed by atoms with van der Waals surface area (Å²) in [6.45, 7) is 6.30. The number of rotatable bonds is 4. The number of nitrogens with one attached hydrogen (secondary N) is 2. The van der Waals surface area contributed by atoms with E-state index in [1.165, 1.54) is 0 Å². The lowest BCUT2D eigenvalue weighted by molar-refractivity contribution is -0.122. The molecule has 0 saturated heterocycles. The molecule has 1 aromatic carbocycles. The maximum Gasteiger partial charge on any atom is 0.222 e. The summed E-state index contributed by atoms with van der Waals surface area (Å²) in [4.78, 5) is 11.6. The van der Waals surface area contributed by atoms with E-state index in [4.69, 9.17) is 28.9 Å². The van der Waals surface area contributed by atoms with Crippen LogP contribution in [0.1, 0.15) is 27.2 Å². The minimum absolute atomic E-state index is 0.0152. The van der Waals surface area contributed by atoms with Crippen molar-refractivity contribution in [1.29, 1.82) is 0 Å². The predicted molar refractivity (Wildman–Crippen MR) is 81.9 cm³/mol. The van der Waals surface area contributed by atoms with Crippen LogP contribution >= 0.6 is 23.2 Å². The fraction of sp³-hybridized carbons (Fsp3) is 0.462. The average molecular weight is 304 g/mol. The molecule has 0 saturated carbocycles. The minimum atomic E-state index is -0.223. The van der Waals surface area contributed by atoms with E-state index in [0.717, 1.165) is 0 Å². The second kappa shape index (κ2) is 6.35. The van der Waals surface area contributed by atoms with Crippen LogP contribution in [-0.4, -0.2) is 18.0 Å². The first-order valence-electron chi connectivity index (χ1n) is 5.98. The van der Waals surface area contributed by atoms with Gasteiger partial charge < -0.3 is 16.4 Å². The van der Waals surface area contributed by atoms with Gasteiger partial charge in [0.2, 0.25) is 5.91 Å². The molecule has 0 aliphatic heterocycles. The maximum absolute atomic E-state index is 11.6. The molecule has 19 heavy (non-hydrogen) atoms. The highest BCUT2D eigenvalue weighted by atomic mass is 35.5. The fourth-order valence-electron chi connectivity index (χ4n) is 1.51. The Morgan fingerprint density at radius 3 is 2.42 bits per heavy atom. The number of nitrogen functional groups attached to an aromatic ring is 1. The van der Waals surface area contributed by atoms with Crippen molar-refractivity contribution >= 4 is 40.5 Å². The van der Waals surface area contributed by atoms with Crippen LogP contribution in [0.4, 0.5) is 11.4 Å². The van der Waals surface area contributed by atoms with Gasteiger partial charge in [-0.15, -0.1) is 0 Å². The zero-order valence-corrected chi connectivity index (χ0v) is 12.8. The molecular weight excluding hydrogens is 285 g/mol. The zero-order valence-electron chi connectivity index (χ0n) is 11.3. The van der Waals surface area contributed by atoms with E-state index in [1.54, 1.807) is 12.1 Å². The molecule has 106 valence electrons. The lowest BCUT2D eigenvalue weighted by Crippen LogP contribution is -2.41. The van der Waals surface area contributed by atoms with E-state index in [-0.39, 0.29) is 11.4 Å². The monoisotopic (exact) mass is 303 g/mol. The SMILES string of the molecule is CC(C)(C)NC(=O)CCNc1cc(Cl)c(Cl)cc1N. The molecule has 4 N–H and O–H groups in total. The second-order valence-corrected chi connectivity index (χ2v) is 6.14. The molecule has 1 rings (SSSR count). The van der Waals surface area contributed by atoms with Crippen LogP contribution < -0.4 is 16.4 Å². The highest BCUT2D eigenvalue weighted by molar-refractivity contribution is 6.42. The van der Waals surface area contributed by atoms with Crippen LogP contribution in [0.2, 0.25) is 10.0 Å². The van der Waals surface area contributed by atoms with E-state index < -0.39 is 0 Å². The highest BCUT2D eigenvalue weighted by Gasteiger charge is 2.13. The standard InChI is InChI=1S/C13H19Cl2N3O/c1-13(2,3)18-12(19)4-5-17-11-7-9(15)8(14)6-10(11)16/h6-7,17H,4-5,16H2,1-3H3,(H,18,19). The molecule has 0 bridgehead atoms. The number of halogens is 2. The number of amides is 1. The number of anilines is 2. The van der Waals surface area contributed by atoms with Gasteiger partial charge >= 0.3 is 0 Å². The molecule has 0 aliphatic carbocycles. The molecule has 0 fully saturated rings. The summed E-state index contributed by atoms with van der Waals surface area (Å²) in [6, 6.07) is 3.24. The molecule has 0 atom stereocenters. The van der Waals surface area contributed by atoms with Crippen molar-refractivity contribution in [3.63, 3.8) is 0 Å². The molecule has 6 heteroatoms. The van der Waals surface area contributed by atoms with Crippen molar-refractivity contribution in [2.45, 2.75) is 32.7 Å². The first kappa shape index (κ1) is 15.9. The Morgan fingerprint density at radius 2 is 1.84 bits per heavy atom. The number of nitrogens with two attached hydrogens (primary N) is 1. The first-order chi connectivity index (χ1) is 8.69. The van der Waals surface area contributed by atoms with Crippen LogP contribution in [0.5, 0.6) is 0 Å². The summed E-state index contributed by atoms with van der Waals surface area (Å²) in [5, 5.41) is 6.79. The highest BCUT2D eigenvalue weighted by Crippen LogP contribution is 2.30. The van der Waals surface area contributed by atoms with E-state index in [1.807, 2.05) is 20.8 Å². The lowest BCUT2D eigenvalue weighted by Gasteiger charge is -2.20. The molecule has 0 spiro atoms. The third-order valence-electron chi connectivity index (χ3n) is 2.27. The van der Waals surface area contributed by atoms with Crippen molar-refractivity contribution in [3.05, 3.63) is 22.2 Å². The van der Waals surface area contributed by atoms with Crippen LogP contribution in [0.15, 0.2) is 12.1 Å². The number of hydrogen-bond donors (Lipinski definition) is 3. The van der Waals surface area contributed by atoms with Crippen LogP contribution in [-0.2, 0) is 4.79 Å². The Balaban J connectivity index is 2.50. The number of carbonyl (C=O) groups is 1. The lowest BCUT2D eigenvalue weighted by atomic mass is 10.1. The fourth-order valence-corrected chi connectivity index (χ4v) is 1.84. The third kappa shape index (κ3) is 5.57. The van der Waals surface area contributed by atoms with E-state index in [0.29, 0.717) is 34.4 Å². The summed E-state index contributed by atoms with van der Waals surface area (Å²) in [6.07, 6.45) is 0.358. The van der Waals surface area contributed by atoms with Gasteiger partial charge in [-0.3, -0.25) is 4.79 Å². The molecule has 0 aromatic heterocycles. The molecule has 0 aliphatic rings. The average Bonchev–Trinajstić information content (AvgIpc) is 2.22. The Morgan fingerprint density at radius 1 is 1.26 bits per heavy atom. The summed E-state index contributed by atoms with van der Waals surface area (Å²) < 4.78 is 0. The van der Waals surface area contributed by atoms with Gasteiger partial charge in [-0.2, -0.15) is 0 Å². The third-order valence-corrected chi connectivity index (χ3v) is 3.00. The Hall–Kier alpha value is -1.13. The minimum Gasteiger partial charge on any atom is -0.397 e. The van der Waals surface area contributed by atoms with Gasteiger partial charge in [0.1, 0.15) is 0 Å². The summed E-state index contributed by atoms with van der Waals surface area (Å²) in [5.41, 5.74) is 6.76. The molecule has 0 heterocycles. The van der Waals surface area contributed by atoms with Gasteiger partial charge in [0.05, 0.1) is 21.4 Å². The molecule has 4 nitrogen and oxygen atoms in total.